The molecular formula is C16H19N2O6S2-. The molecule has 1 aliphatic heterocycles. The topological polar surface area (TPSA) is 116 Å². The van der Waals surface area contributed by atoms with Crippen molar-refractivity contribution >= 4 is 40.1 Å². The molecule has 2 aromatic rings. The van der Waals surface area contributed by atoms with Gasteiger partial charge >= 0.3 is 0 Å². The van der Waals surface area contributed by atoms with Gasteiger partial charge in [-0.15, -0.1) is 0 Å². The van der Waals surface area contributed by atoms with Crippen molar-refractivity contribution in [2.75, 3.05) is 6.61 Å². The molecule has 0 unspecified atom stereocenters. The molecule has 26 heavy (non-hydrogen) atoms. The fourth-order valence-corrected chi connectivity index (χ4v) is 3.02. The van der Waals surface area contributed by atoms with Gasteiger partial charge in [0.25, 0.3) is 6.29 Å². The van der Waals surface area contributed by atoms with E-state index in [4.69, 9.17) is 34.4 Å². The van der Waals surface area contributed by atoms with Gasteiger partial charge in [0.15, 0.2) is 0 Å². The molecule has 3 rings (SSSR count). The summed E-state index contributed by atoms with van der Waals surface area (Å²) in [4.78, 5) is 5.69. The van der Waals surface area contributed by atoms with Crippen LogP contribution >= 0.6 is 12.2 Å². The first kappa shape index (κ1) is 19.2. The highest BCUT2D eigenvalue weighted by Gasteiger charge is 2.45. The molecule has 0 spiro atoms. The zero-order valence-corrected chi connectivity index (χ0v) is 15.2. The third-order valence-corrected chi connectivity index (χ3v) is 4.54. The van der Waals surface area contributed by atoms with Crippen molar-refractivity contribution in [3.63, 3.8) is 0 Å². The van der Waals surface area contributed by atoms with Crippen molar-refractivity contribution in [3.05, 3.63) is 36.0 Å². The fourth-order valence-electron chi connectivity index (χ4n) is 2.88. The van der Waals surface area contributed by atoms with E-state index in [1.807, 2.05) is 24.3 Å². The van der Waals surface area contributed by atoms with Crippen molar-refractivity contribution in [3.8, 4) is 0 Å². The third-order valence-electron chi connectivity index (χ3n) is 4.25. The lowest BCUT2D eigenvalue weighted by atomic mass is 9.99. The summed E-state index contributed by atoms with van der Waals surface area (Å²) < 4.78 is 7.04. The molecule has 0 aliphatic carbocycles. The smallest absolute Gasteiger partial charge is 0.254 e. The number of rotatable bonds is 5. The van der Waals surface area contributed by atoms with Gasteiger partial charge in [0.1, 0.15) is 24.4 Å². The highest BCUT2D eigenvalue weighted by Crippen LogP contribution is 2.24. The van der Waals surface area contributed by atoms with Crippen molar-refractivity contribution in [2.24, 2.45) is 0 Å². The van der Waals surface area contributed by atoms with E-state index >= 15 is 0 Å². The summed E-state index contributed by atoms with van der Waals surface area (Å²) in [7, 11) is 0. The van der Waals surface area contributed by atoms with E-state index < -0.39 is 37.3 Å². The van der Waals surface area contributed by atoms with Crippen LogP contribution in [0.25, 0.3) is 10.9 Å². The number of nitrogens with zero attached hydrogens (tertiary/aromatic N) is 1. The highest BCUT2D eigenvalue weighted by atomic mass is 32.1. The Hall–Kier alpha value is -1.53. The highest BCUT2D eigenvalue weighted by molar-refractivity contribution is 8.00. The minimum Gasteiger partial charge on any atom is -0.412 e. The SMILES string of the molecule is OC[C@H]1O[C@@H](On2cc(CNC(=S)[S-])c3ccccc32)[C@H](O)[C@@H](O)[C@@H]1O. The lowest BCUT2D eigenvalue weighted by molar-refractivity contribution is -0.299. The number of nitrogens with one attached hydrogen (secondary N) is 1. The molecule has 0 radical (unpaired) electrons. The standard InChI is InChI=1S/C16H20N2O6S2/c19-7-11-12(20)13(21)14(22)15(23-11)24-18-6-8(5-17-16(25)26)9-3-1-2-4-10(9)18/h1-4,6,11-15,19-22H,5,7H2,(H2,17,25,26)/p-1/t11-,12-,13+,14-,15+/m1/s1. The molecule has 1 aromatic carbocycles. The number of hydrogen-bond donors (Lipinski definition) is 5. The quantitative estimate of drug-likeness (QED) is 0.312. The van der Waals surface area contributed by atoms with Gasteiger partial charge in [0.05, 0.1) is 12.1 Å². The molecule has 0 saturated carbocycles. The second-order valence-electron chi connectivity index (χ2n) is 5.94. The van der Waals surface area contributed by atoms with E-state index in [9.17, 15) is 20.4 Å². The Morgan fingerprint density at radius 3 is 2.65 bits per heavy atom. The fraction of sp³-hybridized carbons (Fsp3) is 0.438. The summed E-state index contributed by atoms with van der Waals surface area (Å²) in [6, 6.07) is 7.40. The average molecular weight is 399 g/mol. The molecule has 8 nitrogen and oxygen atoms in total. The number of fused-ring (bicyclic) bond motifs is 1. The zero-order chi connectivity index (χ0) is 18.8. The Labute approximate surface area is 160 Å². The molecule has 5 N–H and O–H groups in total. The van der Waals surface area contributed by atoms with E-state index in [1.54, 1.807) is 6.20 Å². The van der Waals surface area contributed by atoms with Gasteiger partial charge in [-0.2, -0.15) is 4.73 Å². The Balaban J connectivity index is 1.87. The summed E-state index contributed by atoms with van der Waals surface area (Å²) in [5.41, 5.74) is 1.56. The van der Waals surface area contributed by atoms with Gasteiger partial charge in [0, 0.05) is 23.7 Å². The van der Waals surface area contributed by atoms with Crippen molar-refractivity contribution in [2.45, 2.75) is 37.3 Å². The maximum Gasteiger partial charge on any atom is 0.254 e. The second kappa shape index (κ2) is 8.01. The minimum atomic E-state index is -1.51. The Morgan fingerprint density at radius 1 is 1.23 bits per heavy atom. The van der Waals surface area contributed by atoms with Crippen LogP contribution in [0.4, 0.5) is 0 Å². The van der Waals surface area contributed by atoms with E-state index in [1.165, 1.54) is 4.73 Å². The minimum absolute atomic E-state index is 0.247. The van der Waals surface area contributed by atoms with Crippen LogP contribution < -0.4 is 10.2 Å². The first-order chi connectivity index (χ1) is 12.4. The number of para-hydroxylation sites is 1. The molecule has 1 saturated heterocycles. The molecule has 1 aromatic heterocycles. The normalized spacial score (nSPS) is 28.8. The van der Waals surface area contributed by atoms with E-state index in [2.05, 4.69) is 5.32 Å². The van der Waals surface area contributed by atoms with Gasteiger partial charge in [-0.1, -0.05) is 22.5 Å². The van der Waals surface area contributed by atoms with Gasteiger partial charge in [-0.05, 0) is 6.07 Å². The van der Waals surface area contributed by atoms with Crippen molar-refractivity contribution in [1.29, 1.82) is 0 Å². The van der Waals surface area contributed by atoms with Gasteiger partial charge < -0.3 is 60.2 Å². The monoisotopic (exact) mass is 399 g/mol. The van der Waals surface area contributed by atoms with Crippen LogP contribution in [0.3, 0.4) is 0 Å². The van der Waals surface area contributed by atoms with E-state index in [0.29, 0.717) is 12.1 Å². The number of thiocarbonyl (C=S) groups is 1. The number of benzene rings is 1. The Bertz CT molecular complexity index is 783. The Kier molecular flexibility index (Phi) is 5.92. The van der Waals surface area contributed by atoms with E-state index in [0.717, 1.165) is 10.9 Å². The molecule has 5 atom stereocenters. The van der Waals surface area contributed by atoms with Gasteiger partial charge in [-0.3, -0.25) is 0 Å². The molecule has 0 amide bonds. The third kappa shape index (κ3) is 3.76. The first-order valence-electron chi connectivity index (χ1n) is 7.94. The van der Waals surface area contributed by atoms with Crippen LogP contribution in [0.2, 0.25) is 0 Å². The summed E-state index contributed by atoms with van der Waals surface area (Å²) >= 11 is 9.72. The first-order valence-corrected chi connectivity index (χ1v) is 8.75. The molecule has 10 heteroatoms. The number of hydrogen-bond acceptors (Lipinski definition) is 8. The van der Waals surface area contributed by atoms with Crippen molar-refractivity contribution < 1.29 is 30.0 Å². The van der Waals surface area contributed by atoms with Crippen LogP contribution in [0.5, 0.6) is 0 Å². The summed E-state index contributed by atoms with van der Waals surface area (Å²) in [6.45, 7) is -0.128. The van der Waals surface area contributed by atoms with Gasteiger partial charge in [-0.25, -0.2) is 0 Å². The van der Waals surface area contributed by atoms with Crippen LogP contribution in [-0.4, -0.2) is 66.8 Å². The maximum absolute atomic E-state index is 10.1. The molecule has 1 aliphatic rings. The molecule has 1 fully saturated rings. The molecule has 2 heterocycles. The second-order valence-corrected chi connectivity index (χ2v) is 7.02. The average Bonchev–Trinajstić information content (AvgIpc) is 2.98. The number of aliphatic hydroxyl groups excluding tert-OH is 4. The number of aromatic nitrogens is 1. The summed E-state index contributed by atoms with van der Waals surface area (Å²) in [6.07, 6.45) is -5.07. The predicted molar refractivity (Wildman–Crippen MR) is 99.1 cm³/mol. The molecular weight excluding hydrogens is 380 g/mol. The lowest BCUT2D eigenvalue weighted by Gasteiger charge is -2.39. The van der Waals surface area contributed by atoms with Crippen LogP contribution in [0.15, 0.2) is 30.5 Å². The van der Waals surface area contributed by atoms with Crippen LogP contribution in [0.1, 0.15) is 5.56 Å². The lowest BCUT2D eigenvalue weighted by Crippen LogP contribution is -2.61. The maximum atomic E-state index is 10.1. The molecule has 142 valence electrons. The van der Waals surface area contributed by atoms with Crippen LogP contribution in [-0.2, 0) is 23.9 Å². The summed E-state index contributed by atoms with van der Waals surface area (Å²) in [5, 5.41) is 42.9. The zero-order valence-electron chi connectivity index (χ0n) is 13.6. The van der Waals surface area contributed by atoms with E-state index in [-0.39, 0.29) is 4.32 Å². The van der Waals surface area contributed by atoms with Gasteiger partial charge in [0.2, 0.25) is 0 Å². The predicted octanol–water partition coefficient (Wildman–Crippen LogP) is -1.21. The Morgan fingerprint density at radius 2 is 1.96 bits per heavy atom. The summed E-state index contributed by atoms with van der Waals surface area (Å²) in [5.74, 6) is 0. The number of aliphatic hydroxyl groups is 4. The largest absolute Gasteiger partial charge is 0.412 e. The van der Waals surface area contributed by atoms with Crippen molar-refractivity contribution in [1.82, 2.24) is 10.0 Å². The van der Waals surface area contributed by atoms with Crippen LogP contribution in [0, 0.1) is 0 Å². The number of ether oxygens (including phenoxy) is 1. The molecule has 0 bridgehead atoms.